The Morgan fingerprint density at radius 3 is 3.00 bits per heavy atom. The molecule has 2 rings (SSSR count). The number of amidine groups is 1. The minimum atomic E-state index is -0.0700. The molecule has 16 heavy (non-hydrogen) atoms. The molecular formula is C10H14N4OS. The van der Waals surface area contributed by atoms with Crippen LogP contribution in [0.25, 0.3) is 0 Å². The third kappa shape index (κ3) is 2.63. The first kappa shape index (κ1) is 11.2. The molecule has 86 valence electrons. The van der Waals surface area contributed by atoms with Crippen LogP contribution in [-0.2, 0) is 11.3 Å². The van der Waals surface area contributed by atoms with Gasteiger partial charge >= 0.3 is 0 Å². The molecule has 0 bridgehead atoms. The Morgan fingerprint density at radius 2 is 2.44 bits per heavy atom. The van der Waals surface area contributed by atoms with Gasteiger partial charge in [0.25, 0.3) is 0 Å². The van der Waals surface area contributed by atoms with Crippen LogP contribution in [0.1, 0.15) is 11.4 Å². The largest absolute Gasteiger partial charge is 0.304 e. The van der Waals surface area contributed by atoms with E-state index in [1.807, 2.05) is 19.9 Å². The fourth-order valence-electron chi connectivity index (χ4n) is 1.54. The fourth-order valence-corrected chi connectivity index (χ4v) is 2.29. The van der Waals surface area contributed by atoms with Gasteiger partial charge in [-0.25, -0.2) is 0 Å². The van der Waals surface area contributed by atoms with E-state index < -0.39 is 0 Å². The Bertz CT molecular complexity index is 438. The van der Waals surface area contributed by atoms with Crippen LogP contribution in [0.5, 0.6) is 0 Å². The van der Waals surface area contributed by atoms with E-state index in [0.717, 1.165) is 28.9 Å². The van der Waals surface area contributed by atoms with Gasteiger partial charge in [0.2, 0.25) is 5.91 Å². The summed E-state index contributed by atoms with van der Waals surface area (Å²) in [6.07, 6.45) is 0. The normalized spacial score (nSPS) is 15.0. The smallest absolute Gasteiger partial charge is 0.247 e. The number of amides is 1. The van der Waals surface area contributed by atoms with E-state index >= 15 is 0 Å². The zero-order valence-electron chi connectivity index (χ0n) is 9.36. The summed E-state index contributed by atoms with van der Waals surface area (Å²) in [5, 5.41) is 7.74. The summed E-state index contributed by atoms with van der Waals surface area (Å²) in [6, 6.07) is 1.95. The van der Waals surface area contributed by atoms with Crippen molar-refractivity contribution < 1.29 is 4.79 Å². The lowest BCUT2D eigenvalue weighted by atomic mass is 10.4. The molecule has 0 aromatic carbocycles. The Hall–Kier alpha value is -1.30. The Kier molecular flexibility index (Phi) is 3.28. The van der Waals surface area contributed by atoms with Crippen LogP contribution in [0.4, 0.5) is 0 Å². The van der Waals surface area contributed by atoms with Crippen LogP contribution in [0.3, 0.4) is 0 Å². The molecule has 0 atom stereocenters. The monoisotopic (exact) mass is 238 g/mol. The summed E-state index contributed by atoms with van der Waals surface area (Å²) in [6.45, 7) is 4.90. The van der Waals surface area contributed by atoms with Crippen LogP contribution >= 0.6 is 11.8 Å². The van der Waals surface area contributed by atoms with E-state index in [2.05, 4.69) is 15.4 Å². The first-order valence-corrected chi connectivity index (χ1v) is 6.12. The van der Waals surface area contributed by atoms with Crippen LogP contribution in [-0.4, -0.2) is 33.2 Å². The highest BCUT2D eigenvalue weighted by atomic mass is 32.2. The van der Waals surface area contributed by atoms with Gasteiger partial charge in [0.05, 0.1) is 12.2 Å². The summed E-state index contributed by atoms with van der Waals surface area (Å²) in [7, 11) is 0. The van der Waals surface area contributed by atoms with Crippen molar-refractivity contribution in [1.82, 2.24) is 15.1 Å². The number of aromatic nitrogens is 2. The predicted octanol–water partition coefficient (Wildman–Crippen LogP) is 0.719. The first-order chi connectivity index (χ1) is 7.65. The van der Waals surface area contributed by atoms with E-state index in [0.29, 0.717) is 0 Å². The minimum Gasteiger partial charge on any atom is -0.304 e. The number of carbonyl (C=O) groups excluding carboxylic acids is 1. The van der Waals surface area contributed by atoms with E-state index in [-0.39, 0.29) is 12.5 Å². The number of carbonyl (C=O) groups is 1. The Balaban J connectivity index is 1.94. The van der Waals surface area contributed by atoms with E-state index in [1.54, 1.807) is 16.4 Å². The molecule has 0 aliphatic carbocycles. The van der Waals surface area contributed by atoms with Crippen molar-refractivity contribution in [2.24, 2.45) is 4.99 Å². The van der Waals surface area contributed by atoms with E-state index in [9.17, 15) is 4.79 Å². The molecule has 0 saturated heterocycles. The average Bonchev–Trinajstić information content (AvgIpc) is 2.78. The molecule has 1 aliphatic rings. The van der Waals surface area contributed by atoms with Crippen LogP contribution in [0.15, 0.2) is 11.1 Å². The van der Waals surface area contributed by atoms with Crippen molar-refractivity contribution in [2.45, 2.75) is 20.4 Å². The minimum absolute atomic E-state index is 0.0700. The summed E-state index contributed by atoms with van der Waals surface area (Å²) < 4.78 is 1.70. The summed E-state index contributed by atoms with van der Waals surface area (Å²) in [5.74, 6) is 0.884. The highest BCUT2D eigenvalue weighted by Gasteiger charge is 2.12. The van der Waals surface area contributed by atoms with Gasteiger partial charge in [-0.15, -0.1) is 0 Å². The van der Waals surface area contributed by atoms with Crippen LogP contribution < -0.4 is 5.32 Å². The number of hydrogen-bond donors (Lipinski definition) is 1. The number of hydrogen-bond acceptors (Lipinski definition) is 4. The lowest BCUT2D eigenvalue weighted by Gasteiger charge is -2.05. The second-order valence-corrected chi connectivity index (χ2v) is 4.75. The molecule has 0 radical (unpaired) electrons. The molecule has 1 N–H and O–H groups in total. The number of nitrogens with zero attached hydrogens (tertiary/aromatic N) is 3. The van der Waals surface area contributed by atoms with Crippen molar-refractivity contribution in [2.75, 3.05) is 12.3 Å². The number of thioether (sulfide) groups is 1. The van der Waals surface area contributed by atoms with E-state index in [4.69, 9.17) is 0 Å². The second kappa shape index (κ2) is 4.69. The van der Waals surface area contributed by atoms with Gasteiger partial charge in [-0.1, -0.05) is 11.8 Å². The second-order valence-electron chi connectivity index (χ2n) is 3.67. The highest BCUT2D eigenvalue weighted by molar-refractivity contribution is 8.14. The molecule has 6 heteroatoms. The first-order valence-electron chi connectivity index (χ1n) is 5.13. The van der Waals surface area contributed by atoms with Crippen LogP contribution in [0, 0.1) is 13.8 Å². The SMILES string of the molecule is Cc1cc(C)n(CC(=O)NC2=NCCS2)n1. The number of aryl methyl sites for hydroxylation is 2. The molecule has 1 aliphatic heterocycles. The van der Waals surface area contributed by atoms with Crippen molar-refractivity contribution in [3.63, 3.8) is 0 Å². The molecule has 2 heterocycles. The average molecular weight is 238 g/mol. The highest BCUT2D eigenvalue weighted by Crippen LogP contribution is 2.09. The third-order valence-electron chi connectivity index (χ3n) is 2.23. The van der Waals surface area contributed by atoms with Crippen LogP contribution in [0.2, 0.25) is 0 Å². The quantitative estimate of drug-likeness (QED) is 0.826. The van der Waals surface area contributed by atoms with Gasteiger partial charge in [0.1, 0.15) is 6.54 Å². The molecule has 0 saturated carbocycles. The van der Waals surface area contributed by atoms with Crippen molar-refractivity contribution in [3.05, 3.63) is 17.5 Å². The van der Waals surface area contributed by atoms with Gasteiger partial charge in [-0.2, -0.15) is 5.10 Å². The Morgan fingerprint density at radius 1 is 1.62 bits per heavy atom. The van der Waals surface area contributed by atoms with Crippen molar-refractivity contribution in [3.8, 4) is 0 Å². The summed E-state index contributed by atoms with van der Waals surface area (Å²) in [5.41, 5.74) is 1.92. The van der Waals surface area contributed by atoms with Gasteiger partial charge in [0, 0.05) is 11.4 Å². The van der Waals surface area contributed by atoms with Gasteiger partial charge in [0.15, 0.2) is 5.17 Å². The molecule has 1 amide bonds. The van der Waals surface area contributed by atoms with Gasteiger partial charge in [-0.05, 0) is 19.9 Å². The molecular weight excluding hydrogens is 224 g/mol. The zero-order chi connectivity index (χ0) is 11.5. The van der Waals surface area contributed by atoms with Gasteiger partial charge in [-0.3, -0.25) is 14.5 Å². The maximum atomic E-state index is 11.7. The summed E-state index contributed by atoms with van der Waals surface area (Å²) >= 11 is 1.58. The lowest BCUT2D eigenvalue weighted by Crippen LogP contribution is -2.31. The maximum Gasteiger partial charge on any atom is 0.247 e. The number of rotatable bonds is 2. The van der Waals surface area contributed by atoms with Crippen molar-refractivity contribution >= 4 is 22.8 Å². The lowest BCUT2D eigenvalue weighted by molar-refractivity contribution is -0.120. The van der Waals surface area contributed by atoms with Gasteiger partial charge < -0.3 is 5.32 Å². The summed E-state index contributed by atoms with van der Waals surface area (Å²) in [4.78, 5) is 15.8. The zero-order valence-corrected chi connectivity index (χ0v) is 10.2. The molecule has 1 aromatic rings. The molecule has 0 unspecified atom stereocenters. The molecule has 5 nitrogen and oxygen atoms in total. The number of aliphatic imine (C=N–C) groups is 1. The molecule has 1 aromatic heterocycles. The molecule has 0 spiro atoms. The van der Waals surface area contributed by atoms with E-state index in [1.165, 1.54) is 0 Å². The van der Waals surface area contributed by atoms with Crippen molar-refractivity contribution in [1.29, 1.82) is 0 Å². The Labute approximate surface area is 98.3 Å². The molecule has 0 fully saturated rings. The fraction of sp³-hybridized carbons (Fsp3) is 0.500. The standard InChI is InChI=1S/C10H14N4OS/c1-7-5-8(2)14(13-7)6-9(15)12-10-11-3-4-16-10/h5H,3-4,6H2,1-2H3,(H,11,12,15). The maximum absolute atomic E-state index is 11.7. The third-order valence-corrected chi connectivity index (χ3v) is 3.12. The number of nitrogens with one attached hydrogen (secondary N) is 1. The predicted molar refractivity (Wildman–Crippen MR) is 64.6 cm³/mol. The topological polar surface area (TPSA) is 59.3 Å².